The van der Waals surface area contributed by atoms with Crippen molar-refractivity contribution in [1.82, 2.24) is 15.2 Å². The lowest BCUT2D eigenvalue weighted by Gasteiger charge is -2.05. The summed E-state index contributed by atoms with van der Waals surface area (Å²) in [6, 6.07) is 5.95. The smallest absolute Gasteiger partial charge is 0.0569 e. The molecule has 0 atom stereocenters. The number of pyridine rings is 1. The number of nitrogens with one attached hydrogen (secondary N) is 1. The molecule has 0 saturated carbocycles. The SMILES string of the molecule is Cc1[nH]ncc1-c1cc2cnccc2cc1Cl. The molecule has 3 rings (SSSR count). The molecule has 84 valence electrons. The highest BCUT2D eigenvalue weighted by Crippen LogP contribution is 2.32. The number of aromatic nitrogens is 3. The molecule has 3 nitrogen and oxygen atoms in total. The summed E-state index contributed by atoms with van der Waals surface area (Å²) in [6.45, 7) is 1.98. The van der Waals surface area contributed by atoms with Crippen LogP contribution in [0.15, 0.2) is 36.8 Å². The average molecular weight is 244 g/mol. The zero-order valence-corrected chi connectivity index (χ0v) is 9.99. The van der Waals surface area contributed by atoms with Gasteiger partial charge in [-0.3, -0.25) is 10.1 Å². The maximum absolute atomic E-state index is 6.30. The fourth-order valence-electron chi connectivity index (χ4n) is 1.94. The Morgan fingerprint density at radius 1 is 1.12 bits per heavy atom. The van der Waals surface area contributed by atoms with Crippen molar-refractivity contribution in [3.05, 3.63) is 47.5 Å². The summed E-state index contributed by atoms with van der Waals surface area (Å²) in [5.74, 6) is 0. The Hall–Kier alpha value is -1.87. The third-order valence-electron chi connectivity index (χ3n) is 2.85. The lowest BCUT2D eigenvalue weighted by Crippen LogP contribution is -1.83. The molecule has 2 aromatic heterocycles. The van der Waals surface area contributed by atoms with Crippen LogP contribution in [0.3, 0.4) is 0 Å². The normalized spacial score (nSPS) is 10.9. The first-order chi connectivity index (χ1) is 8.25. The van der Waals surface area contributed by atoms with Gasteiger partial charge in [-0.2, -0.15) is 5.10 Å². The van der Waals surface area contributed by atoms with Gasteiger partial charge in [0.15, 0.2) is 0 Å². The Balaban J connectivity index is 2.30. The molecule has 1 N–H and O–H groups in total. The number of nitrogens with zero attached hydrogens (tertiary/aromatic N) is 2. The van der Waals surface area contributed by atoms with Crippen molar-refractivity contribution < 1.29 is 0 Å². The van der Waals surface area contributed by atoms with Crippen LogP contribution >= 0.6 is 11.6 Å². The highest BCUT2D eigenvalue weighted by molar-refractivity contribution is 6.34. The van der Waals surface area contributed by atoms with E-state index in [1.54, 1.807) is 12.4 Å². The molecule has 0 fully saturated rings. The van der Waals surface area contributed by atoms with Crippen LogP contribution in [0, 0.1) is 6.92 Å². The Labute approximate surface area is 103 Å². The molecule has 1 aromatic carbocycles. The van der Waals surface area contributed by atoms with Gasteiger partial charge < -0.3 is 0 Å². The summed E-state index contributed by atoms with van der Waals surface area (Å²) in [7, 11) is 0. The molecule has 0 spiro atoms. The van der Waals surface area contributed by atoms with Crippen molar-refractivity contribution in [2.45, 2.75) is 6.92 Å². The van der Waals surface area contributed by atoms with Crippen molar-refractivity contribution in [3.63, 3.8) is 0 Å². The van der Waals surface area contributed by atoms with Gasteiger partial charge in [0.05, 0.1) is 6.20 Å². The summed E-state index contributed by atoms with van der Waals surface area (Å²) >= 11 is 6.30. The Morgan fingerprint density at radius 3 is 2.76 bits per heavy atom. The molecule has 0 amide bonds. The van der Waals surface area contributed by atoms with E-state index in [9.17, 15) is 0 Å². The zero-order valence-electron chi connectivity index (χ0n) is 9.24. The molecule has 0 radical (unpaired) electrons. The van der Waals surface area contributed by atoms with Gasteiger partial charge in [-0.15, -0.1) is 0 Å². The minimum Gasteiger partial charge on any atom is -0.282 e. The fraction of sp³-hybridized carbons (Fsp3) is 0.0769. The number of fused-ring (bicyclic) bond motifs is 1. The first-order valence-corrected chi connectivity index (χ1v) is 5.67. The van der Waals surface area contributed by atoms with Gasteiger partial charge in [-0.05, 0) is 30.5 Å². The highest BCUT2D eigenvalue weighted by Gasteiger charge is 2.09. The van der Waals surface area contributed by atoms with Crippen LogP contribution in [0.5, 0.6) is 0 Å². The number of rotatable bonds is 1. The molecule has 4 heteroatoms. The third-order valence-corrected chi connectivity index (χ3v) is 3.16. The Kier molecular flexibility index (Phi) is 2.34. The van der Waals surface area contributed by atoms with E-state index in [4.69, 9.17) is 11.6 Å². The zero-order chi connectivity index (χ0) is 11.8. The maximum atomic E-state index is 6.30. The Bertz CT molecular complexity index is 688. The van der Waals surface area contributed by atoms with E-state index in [0.29, 0.717) is 0 Å². The van der Waals surface area contributed by atoms with Crippen molar-refractivity contribution in [2.75, 3.05) is 0 Å². The first-order valence-electron chi connectivity index (χ1n) is 5.29. The van der Waals surface area contributed by atoms with Crippen molar-refractivity contribution >= 4 is 22.4 Å². The monoisotopic (exact) mass is 243 g/mol. The van der Waals surface area contributed by atoms with Gasteiger partial charge in [-0.25, -0.2) is 0 Å². The number of aryl methyl sites for hydroxylation is 1. The van der Waals surface area contributed by atoms with Crippen molar-refractivity contribution in [2.24, 2.45) is 0 Å². The molecule has 0 aliphatic rings. The molecular formula is C13H10ClN3. The number of H-pyrrole nitrogens is 1. The summed E-state index contributed by atoms with van der Waals surface area (Å²) in [4.78, 5) is 4.12. The third kappa shape index (κ3) is 1.68. The summed E-state index contributed by atoms with van der Waals surface area (Å²) in [6.07, 6.45) is 5.39. The first kappa shape index (κ1) is 10.3. The predicted molar refractivity (Wildman–Crippen MR) is 69.1 cm³/mol. The lowest BCUT2D eigenvalue weighted by molar-refractivity contribution is 1.05. The fourth-order valence-corrected chi connectivity index (χ4v) is 2.21. The van der Waals surface area contributed by atoms with Crippen molar-refractivity contribution in [3.8, 4) is 11.1 Å². The topological polar surface area (TPSA) is 41.6 Å². The molecule has 0 saturated heterocycles. The number of benzene rings is 1. The largest absolute Gasteiger partial charge is 0.282 e. The van der Waals surface area contributed by atoms with Crippen molar-refractivity contribution in [1.29, 1.82) is 0 Å². The van der Waals surface area contributed by atoms with E-state index in [1.165, 1.54) is 0 Å². The standard InChI is InChI=1S/C13H10ClN3/c1-8-12(7-16-17-8)11-4-10-6-15-3-2-9(10)5-13(11)14/h2-7H,1H3,(H,16,17). The van der Waals surface area contributed by atoms with Gasteiger partial charge in [0.1, 0.15) is 0 Å². The van der Waals surface area contributed by atoms with Crippen LogP contribution in [0.2, 0.25) is 5.02 Å². The van der Waals surface area contributed by atoms with E-state index in [2.05, 4.69) is 15.2 Å². The summed E-state index contributed by atoms with van der Waals surface area (Å²) < 4.78 is 0. The van der Waals surface area contributed by atoms with E-state index in [-0.39, 0.29) is 0 Å². The molecule has 0 unspecified atom stereocenters. The number of hydrogen-bond acceptors (Lipinski definition) is 2. The van der Waals surface area contributed by atoms with E-state index in [0.717, 1.165) is 32.6 Å². The number of hydrogen-bond donors (Lipinski definition) is 1. The van der Waals surface area contributed by atoms with E-state index in [1.807, 2.05) is 31.3 Å². The quantitative estimate of drug-likeness (QED) is 0.710. The molecule has 17 heavy (non-hydrogen) atoms. The molecule has 0 bridgehead atoms. The second-order valence-corrected chi connectivity index (χ2v) is 4.37. The molecule has 3 aromatic rings. The second-order valence-electron chi connectivity index (χ2n) is 3.96. The van der Waals surface area contributed by atoms with Crippen LogP contribution in [0.25, 0.3) is 21.9 Å². The average Bonchev–Trinajstić information content (AvgIpc) is 2.74. The van der Waals surface area contributed by atoms with Crippen LogP contribution in [0.4, 0.5) is 0 Å². The maximum Gasteiger partial charge on any atom is 0.0569 e. The van der Waals surface area contributed by atoms with Gasteiger partial charge in [0.25, 0.3) is 0 Å². The molecular weight excluding hydrogens is 234 g/mol. The van der Waals surface area contributed by atoms with Gasteiger partial charge in [0, 0.05) is 39.6 Å². The van der Waals surface area contributed by atoms with Crippen LogP contribution in [-0.2, 0) is 0 Å². The predicted octanol–water partition coefficient (Wildman–Crippen LogP) is 3.59. The number of halogens is 1. The lowest BCUT2D eigenvalue weighted by atomic mass is 10.0. The highest BCUT2D eigenvalue weighted by atomic mass is 35.5. The minimum absolute atomic E-state index is 0.730. The van der Waals surface area contributed by atoms with Crippen LogP contribution in [-0.4, -0.2) is 15.2 Å². The molecule has 0 aliphatic carbocycles. The minimum atomic E-state index is 0.730. The molecule has 2 heterocycles. The second kappa shape index (κ2) is 3.86. The summed E-state index contributed by atoms with van der Waals surface area (Å²) in [5.41, 5.74) is 3.02. The molecule has 0 aliphatic heterocycles. The Morgan fingerprint density at radius 2 is 2.00 bits per heavy atom. The van der Waals surface area contributed by atoms with Gasteiger partial charge in [0.2, 0.25) is 0 Å². The summed E-state index contributed by atoms with van der Waals surface area (Å²) in [5, 5.41) is 9.84. The van der Waals surface area contributed by atoms with E-state index >= 15 is 0 Å². The van der Waals surface area contributed by atoms with Crippen LogP contribution in [0.1, 0.15) is 5.69 Å². The number of aromatic amines is 1. The van der Waals surface area contributed by atoms with E-state index < -0.39 is 0 Å². The van der Waals surface area contributed by atoms with Gasteiger partial charge >= 0.3 is 0 Å². The van der Waals surface area contributed by atoms with Gasteiger partial charge in [-0.1, -0.05) is 11.6 Å². The van der Waals surface area contributed by atoms with Crippen LogP contribution < -0.4 is 0 Å².